The van der Waals surface area contributed by atoms with Crippen LogP contribution in [0.25, 0.3) is 6.08 Å². The summed E-state index contributed by atoms with van der Waals surface area (Å²) in [7, 11) is 5.95. The largest absolute Gasteiger partial charge is 0.497 e. The first-order chi connectivity index (χ1) is 14.4. The molecule has 0 unspecified atom stereocenters. The Labute approximate surface area is 179 Å². The quantitative estimate of drug-likeness (QED) is 0.430. The fourth-order valence-corrected chi connectivity index (χ4v) is 3.32. The Kier molecular flexibility index (Phi) is 6.22. The zero-order chi connectivity index (χ0) is 21.8. The van der Waals surface area contributed by atoms with Gasteiger partial charge < -0.3 is 18.9 Å². The van der Waals surface area contributed by atoms with Crippen molar-refractivity contribution in [2.75, 3.05) is 33.3 Å². The van der Waals surface area contributed by atoms with E-state index in [1.165, 1.54) is 39.4 Å². The van der Waals surface area contributed by atoms with Gasteiger partial charge >= 0.3 is 0 Å². The SMILES string of the molecule is COc1cccc(N2C(=O)/C(=C/c3ccc(OC)c(OC)c3OC)C(=O)NC2=S)c1. The van der Waals surface area contributed by atoms with Crippen LogP contribution in [0.2, 0.25) is 0 Å². The number of benzene rings is 2. The summed E-state index contributed by atoms with van der Waals surface area (Å²) in [6, 6.07) is 10.1. The molecule has 8 nitrogen and oxygen atoms in total. The lowest BCUT2D eigenvalue weighted by Crippen LogP contribution is -2.54. The standard InChI is InChI=1S/C21H20N2O6S/c1-26-14-7-5-6-13(11-14)23-20(25)15(19(24)22-21(23)30)10-12-8-9-16(27-2)18(29-4)17(12)28-3/h5-11H,1-4H3,(H,22,24,30)/b15-10+. The van der Waals surface area contributed by atoms with Crippen molar-refractivity contribution in [1.29, 1.82) is 0 Å². The van der Waals surface area contributed by atoms with E-state index in [4.69, 9.17) is 31.2 Å². The minimum atomic E-state index is -0.610. The van der Waals surface area contributed by atoms with Crippen molar-refractivity contribution in [2.45, 2.75) is 0 Å². The topological polar surface area (TPSA) is 86.3 Å². The van der Waals surface area contributed by atoms with Crippen LogP contribution in [0, 0.1) is 0 Å². The van der Waals surface area contributed by atoms with Crippen molar-refractivity contribution in [1.82, 2.24) is 5.32 Å². The molecule has 0 radical (unpaired) electrons. The van der Waals surface area contributed by atoms with Crippen LogP contribution in [0.1, 0.15) is 5.56 Å². The van der Waals surface area contributed by atoms with E-state index in [0.29, 0.717) is 34.2 Å². The normalized spacial score (nSPS) is 15.1. The maximum atomic E-state index is 13.2. The number of ether oxygens (including phenoxy) is 4. The molecular weight excluding hydrogens is 408 g/mol. The number of carbonyl (C=O) groups is 2. The molecule has 0 bridgehead atoms. The molecule has 2 aromatic carbocycles. The summed E-state index contributed by atoms with van der Waals surface area (Å²) in [5, 5.41) is 2.53. The smallest absolute Gasteiger partial charge is 0.270 e. The summed E-state index contributed by atoms with van der Waals surface area (Å²) in [5.41, 5.74) is 0.818. The van der Waals surface area contributed by atoms with E-state index in [9.17, 15) is 9.59 Å². The number of anilines is 1. The molecule has 156 valence electrons. The predicted octanol–water partition coefficient (Wildman–Crippen LogP) is 2.55. The van der Waals surface area contributed by atoms with Gasteiger partial charge in [-0.25, -0.2) is 0 Å². The first kappa shape index (κ1) is 21.1. The molecular formula is C21H20N2O6S. The molecule has 1 saturated heterocycles. The Balaban J connectivity index is 2.09. The van der Waals surface area contributed by atoms with Gasteiger partial charge in [-0.2, -0.15) is 0 Å². The molecule has 1 fully saturated rings. The molecule has 0 atom stereocenters. The molecule has 0 spiro atoms. The van der Waals surface area contributed by atoms with Gasteiger partial charge in [0.1, 0.15) is 11.3 Å². The second-order valence-corrected chi connectivity index (χ2v) is 6.47. The first-order valence-electron chi connectivity index (χ1n) is 8.79. The third-order valence-electron chi connectivity index (χ3n) is 4.45. The van der Waals surface area contributed by atoms with E-state index in [0.717, 1.165) is 0 Å². The van der Waals surface area contributed by atoms with Crippen LogP contribution in [0.4, 0.5) is 5.69 Å². The van der Waals surface area contributed by atoms with Crippen LogP contribution in [0.15, 0.2) is 42.0 Å². The summed E-state index contributed by atoms with van der Waals surface area (Å²) >= 11 is 5.23. The van der Waals surface area contributed by atoms with Crippen LogP contribution in [0.5, 0.6) is 23.0 Å². The van der Waals surface area contributed by atoms with Crippen molar-refractivity contribution in [3.63, 3.8) is 0 Å². The molecule has 2 amide bonds. The van der Waals surface area contributed by atoms with Gasteiger partial charge in [0.05, 0.1) is 34.1 Å². The highest BCUT2D eigenvalue weighted by Gasteiger charge is 2.35. The first-order valence-corrected chi connectivity index (χ1v) is 9.20. The second kappa shape index (κ2) is 8.83. The van der Waals surface area contributed by atoms with Gasteiger partial charge in [-0.1, -0.05) is 6.07 Å². The zero-order valence-electron chi connectivity index (χ0n) is 16.8. The van der Waals surface area contributed by atoms with E-state index in [1.54, 1.807) is 36.4 Å². The number of nitrogens with zero attached hydrogens (tertiary/aromatic N) is 1. The van der Waals surface area contributed by atoms with Crippen molar-refractivity contribution in [3.8, 4) is 23.0 Å². The van der Waals surface area contributed by atoms with Gasteiger partial charge in [-0.3, -0.25) is 19.8 Å². The molecule has 1 N–H and O–H groups in total. The number of nitrogens with one attached hydrogen (secondary N) is 1. The maximum Gasteiger partial charge on any atom is 0.270 e. The summed E-state index contributed by atoms with van der Waals surface area (Å²) in [6.45, 7) is 0. The van der Waals surface area contributed by atoms with Gasteiger partial charge in [0.25, 0.3) is 11.8 Å². The Morgan fingerprint density at radius 2 is 1.67 bits per heavy atom. The lowest BCUT2D eigenvalue weighted by Gasteiger charge is -2.29. The van der Waals surface area contributed by atoms with E-state index in [1.807, 2.05) is 0 Å². The number of hydrogen-bond donors (Lipinski definition) is 1. The van der Waals surface area contributed by atoms with Gasteiger partial charge in [-0.15, -0.1) is 0 Å². The Morgan fingerprint density at radius 1 is 0.933 bits per heavy atom. The Bertz CT molecular complexity index is 1050. The predicted molar refractivity (Wildman–Crippen MR) is 115 cm³/mol. The van der Waals surface area contributed by atoms with E-state index in [2.05, 4.69) is 5.32 Å². The minimum absolute atomic E-state index is 0.0188. The fraction of sp³-hybridized carbons (Fsp3) is 0.190. The number of carbonyl (C=O) groups excluding carboxylic acids is 2. The summed E-state index contributed by atoms with van der Waals surface area (Å²) in [4.78, 5) is 27.0. The molecule has 0 saturated carbocycles. The molecule has 2 aromatic rings. The lowest BCUT2D eigenvalue weighted by molar-refractivity contribution is -0.122. The minimum Gasteiger partial charge on any atom is -0.497 e. The van der Waals surface area contributed by atoms with Crippen LogP contribution in [-0.4, -0.2) is 45.4 Å². The van der Waals surface area contributed by atoms with Gasteiger partial charge in [-0.05, 0) is 42.6 Å². The monoisotopic (exact) mass is 428 g/mol. The maximum absolute atomic E-state index is 13.2. The van der Waals surface area contributed by atoms with Crippen LogP contribution in [0.3, 0.4) is 0 Å². The number of hydrogen-bond acceptors (Lipinski definition) is 7. The Hall–Kier alpha value is -3.59. The highest BCUT2D eigenvalue weighted by atomic mass is 32.1. The van der Waals surface area contributed by atoms with Crippen LogP contribution < -0.4 is 29.2 Å². The highest BCUT2D eigenvalue weighted by molar-refractivity contribution is 7.80. The van der Waals surface area contributed by atoms with Crippen LogP contribution in [-0.2, 0) is 9.59 Å². The zero-order valence-corrected chi connectivity index (χ0v) is 17.7. The van der Waals surface area contributed by atoms with Crippen molar-refractivity contribution < 1.29 is 28.5 Å². The fourth-order valence-electron chi connectivity index (χ4n) is 3.04. The average Bonchev–Trinajstić information content (AvgIpc) is 2.75. The molecule has 1 aliphatic rings. The van der Waals surface area contributed by atoms with Crippen molar-refractivity contribution in [2.24, 2.45) is 0 Å². The van der Waals surface area contributed by atoms with Gasteiger partial charge in [0.15, 0.2) is 16.6 Å². The summed E-state index contributed by atoms with van der Waals surface area (Å²) < 4.78 is 21.3. The lowest BCUT2D eigenvalue weighted by atomic mass is 10.1. The number of rotatable bonds is 6. The van der Waals surface area contributed by atoms with Gasteiger partial charge in [0.2, 0.25) is 5.75 Å². The third-order valence-corrected chi connectivity index (χ3v) is 4.73. The van der Waals surface area contributed by atoms with E-state index in [-0.39, 0.29) is 10.7 Å². The van der Waals surface area contributed by atoms with E-state index >= 15 is 0 Å². The number of thiocarbonyl (C=S) groups is 1. The molecule has 3 rings (SSSR count). The molecule has 1 heterocycles. The molecule has 0 aliphatic carbocycles. The number of amides is 2. The van der Waals surface area contributed by atoms with E-state index < -0.39 is 11.8 Å². The van der Waals surface area contributed by atoms with Gasteiger partial charge in [0, 0.05) is 11.6 Å². The van der Waals surface area contributed by atoms with Crippen molar-refractivity contribution >= 4 is 40.9 Å². The average molecular weight is 428 g/mol. The third kappa shape index (κ3) is 3.79. The number of methoxy groups -OCH3 is 4. The summed E-state index contributed by atoms with van der Waals surface area (Å²) in [6.07, 6.45) is 1.42. The molecule has 9 heteroatoms. The molecule has 1 aliphatic heterocycles. The second-order valence-electron chi connectivity index (χ2n) is 6.08. The Morgan fingerprint density at radius 3 is 2.30 bits per heavy atom. The highest BCUT2D eigenvalue weighted by Crippen LogP contribution is 2.41. The van der Waals surface area contributed by atoms with Crippen molar-refractivity contribution in [3.05, 3.63) is 47.5 Å². The molecule has 0 aromatic heterocycles. The molecule has 30 heavy (non-hydrogen) atoms. The summed E-state index contributed by atoms with van der Waals surface area (Å²) in [5.74, 6) is 0.487. The van der Waals surface area contributed by atoms with Crippen LogP contribution >= 0.6 is 12.2 Å².